The number of carbonyl (C=O) groups excluding carboxylic acids is 2. The average Bonchev–Trinajstić information content (AvgIpc) is 3.16. The van der Waals surface area contributed by atoms with Crippen molar-refractivity contribution in [3.63, 3.8) is 0 Å². The van der Waals surface area contributed by atoms with E-state index in [1.165, 1.54) is 7.11 Å². The lowest BCUT2D eigenvalue weighted by atomic mass is 10.2. The molecule has 1 aliphatic heterocycles. The average molecular weight is 310 g/mol. The minimum atomic E-state index is -0.274. The molecule has 0 aromatic carbocycles. The number of amides is 1. The summed E-state index contributed by atoms with van der Waals surface area (Å²) in [5.41, 5.74) is 0. The van der Waals surface area contributed by atoms with E-state index in [9.17, 15) is 9.59 Å². The van der Waals surface area contributed by atoms with Crippen LogP contribution in [0.4, 0.5) is 0 Å². The van der Waals surface area contributed by atoms with Crippen LogP contribution in [0.3, 0.4) is 0 Å². The summed E-state index contributed by atoms with van der Waals surface area (Å²) in [5, 5.41) is 2.01. The molecular weight excluding hydrogens is 288 g/mol. The van der Waals surface area contributed by atoms with Crippen molar-refractivity contribution in [1.29, 1.82) is 0 Å². The standard InChI is InChI=1S/C15H22N2O3S/c1-11(13-7-5-9-21-13)16(2)14(18)10-17-8-4-6-12(17)15(19)20-3/h5,7,9,11-12H,4,6,8,10H2,1-3H3. The van der Waals surface area contributed by atoms with Gasteiger partial charge in [0.25, 0.3) is 0 Å². The van der Waals surface area contributed by atoms with E-state index in [2.05, 4.69) is 0 Å². The van der Waals surface area contributed by atoms with Crippen molar-refractivity contribution in [2.75, 3.05) is 27.2 Å². The number of likely N-dealkylation sites (tertiary alicyclic amines) is 1. The highest BCUT2D eigenvalue weighted by Gasteiger charge is 2.33. The van der Waals surface area contributed by atoms with E-state index in [4.69, 9.17) is 4.74 Å². The predicted molar refractivity (Wildman–Crippen MR) is 82.1 cm³/mol. The summed E-state index contributed by atoms with van der Waals surface area (Å²) in [5.74, 6) is -0.207. The lowest BCUT2D eigenvalue weighted by Crippen LogP contribution is -2.44. The minimum Gasteiger partial charge on any atom is -0.468 e. The van der Waals surface area contributed by atoms with Crippen LogP contribution in [0.15, 0.2) is 17.5 Å². The van der Waals surface area contributed by atoms with Crippen molar-refractivity contribution in [1.82, 2.24) is 9.80 Å². The van der Waals surface area contributed by atoms with Gasteiger partial charge >= 0.3 is 5.97 Å². The Balaban J connectivity index is 1.95. The van der Waals surface area contributed by atoms with E-state index in [0.717, 1.165) is 24.3 Å². The van der Waals surface area contributed by atoms with Crippen molar-refractivity contribution in [2.45, 2.75) is 31.8 Å². The van der Waals surface area contributed by atoms with Crippen molar-refractivity contribution in [2.24, 2.45) is 0 Å². The second kappa shape index (κ2) is 7.04. The van der Waals surface area contributed by atoms with Gasteiger partial charge in [-0.2, -0.15) is 0 Å². The zero-order valence-corrected chi connectivity index (χ0v) is 13.6. The van der Waals surface area contributed by atoms with E-state index in [0.29, 0.717) is 0 Å². The molecule has 1 saturated heterocycles. The van der Waals surface area contributed by atoms with Crippen LogP contribution in [0.25, 0.3) is 0 Å². The topological polar surface area (TPSA) is 49.9 Å². The molecule has 0 N–H and O–H groups in total. The van der Waals surface area contributed by atoms with Gasteiger partial charge < -0.3 is 9.64 Å². The van der Waals surface area contributed by atoms with Crippen molar-refractivity contribution in [3.05, 3.63) is 22.4 Å². The molecule has 1 aromatic heterocycles. The fourth-order valence-electron chi connectivity index (χ4n) is 2.64. The van der Waals surface area contributed by atoms with Gasteiger partial charge in [-0.1, -0.05) is 6.07 Å². The summed E-state index contributed by atoms with van der Waals surface area (Å²) >= 11 is 1.65. The Kier molecular flexibility index (Phi) is 5.36. The Morgan fingerprint density at radius 3 is 2.95 bits per heavy atom. The Hall–Kier alpha value is -1.40. The number of carbonyl (C=O) groups is 2. The molecule has 0 bridgehead atoms. The monoisotopic (exact) mass is 310 g/mol. The predicted octanol–water partition coefficient (Wildman–Crippen LogP) is 1.90. The molecule has 6 heteroatoms. The first-order chi connectivity index (χ1) is 10.0. The van der Waals surface area contributed by atoms with E-state index in [1.807, 2.05) is 36.4 Å². The molecular formula is C15H22N2O3S. The normalized spacial score (nSPS) is 20.2. The smallest absolute Gasteiger partial charge is 0.323 e. The Morgan fingerprint density at radius 1 is 1.57 bits per heavy atom. The summed E-state index contributed by atoms with van der Waals surface area (Å²) in [4.78, 5) is 29.0. The second-order valence-electron chi connectivity index (χ2n) is 5.35. The van der Waals surface area contributed by atoms with Crippen LogP contribution < -0.4 is 0 Å². The first-order valence-corrected chi connectivity index (χ1v) is 8.03. The lowest BCUT2D eigenvalue weighted by Gasteiger charge is -2.28. The fraction of sp³-hybridized carbons (Fsp3) is 0.600. The number of nitrogens with zero attached hydrogens (tertiary/aromatic N) is 2. The SMILES string of the molecule is COC(=O)C1CCCN1CC(=O)N(C)C(C)c1cccs1. The van der Waals surface area contributed by atoms with E-state index in [-0.39, 0.29) is 30.5 Å². The highest BCUT2D eigenvalue weighted by Crippen LogP contribution is 2.24. The van der Waals surface area contributed by atoms with E-state index >= 15 is 0 Å². The molecule has 21 heavy (non-hydrogen) atoms. The molecule has 1 aromatic rings. The van der Waals surface area contributed by atoms with Crippen molar-refractivity contribution >= 4 is 23.2 Å². The van der Waals surface area contributed by atoms with Gasteiger partial charge in [0, 0.05) is 11.9 Å². The molecule has 0 radical (unpaired) electrons. The van der Waals surface area contributed by atoms with Crippen molar-refractivity contribution in [3.8, 4) is 0 Å². The molecule has 1 fully saturated rings. The van der Waals surface area contributed by atoms with Gasteiger partial charge in [0.15, 0.2) is 0 Å². The zero-order chi connectivity index (χ0) is 15.4. The third-order valence-corrected chi connectivity index (χ3v) is 5.15. The first kappa shape index (κ1) is 16.0. The molecule has 2 heterocycles. The van der Waals surface area contributed by atoms with Crippen LogP contribution in [0.1, 0.15) is 30.7 Å². The molecule has 0 aliphatic carbocycles. The Labute approximate surface area is 129 Å². The summed E-state index contributed by atoms with van der Waals surface area (Å²) in [7, 11) is 3.21. The maximum Gasteiger partial charge on any atom is 0.323 e. The minimum absolute atomic E-state index is 0.0340. The van der Waals surface area contributed by atoms with E-state index in [1.54, 1.807) is 16.2 Å². The van der Waals surface area contributed by atoms with Gasteiger partial charge in [-0.05, 0) is 37.8 Å². The largest absolute Gasteiger partial charge is 0.468 e. The van der Waals surface area contributed by atoms with Gasteiger partial charge in [-0.25, -0.2) is 0 Å². The molecule has 2 rings (SSSR count). The number of methoxy groups -OCH3 is 1. The number of hydrogen-bond donors (Lipinski definition) is 0. The van der Waals surface area contributed by atoms with Crippen LogP contribution in [0, 0.1) is 0 Å². The number of hydrogen-bond acceptors (Lipinski definition) is 5. The molecule has 5 nitrogen and oxygen atoms in total. The number of likely N-dealkylation sites (N-methyl/N-ethyl adjacent to an activating group) is 1. The number of thiophene rings is 1. The fourth-order valence-corrected chi connectivity index (χ4v) is 3.47. The lowest BCUT2D eigenvalue weighted by molar-refractivity contribution is -0.146. The van der Waals surface area contributed by atoms with Gasteiger partial charge in [-0.15, -0.1) is 11.3 Å². The molecule has 0 spiro atoms. The highest BCUT2D eigenvalue weighted by molar-refractivity contribution is 7.10. The maximum absolute atomic E-state index is 12.4. The molecule has 2 atom stereocenters. The molecule has 1 amide bonds. The quantitative estimate of drug-likeness (QED) is 0.780. The highest BCUT2D eigenvalue weighted by atomic mass is 32.1. The van der Waals surface area contributed by atoms with Gasteiger partial charge in [0.2, 0.25) is 5.91 Å². The van der Waals surface area contributed by atoms with Crippen LogP contribution >= 0.6 is 11.3 Å². The summed E-state index contributed by atoms with van der Waals surface area (Å²) < 4.78 is 4.81. The molecule has 0 saturated carbocycles. The maximum atomic E-state index is 12.4. The number of rotatable bonds is 5. The van der Waals surface area contributed by atoms with Crippen LogP contribution in [-0.4, -0.2) is 55.0 Å². The zero-order valence-electron chi connectivity index (χ0n) is 12.7. The van der Waals surface area contributed by atoms with Crippen molar-refractivity contribution < 1.29 is 14.3 Å². The third-order valence-electron chi connectivity index (χ3n) is 4.10. The van der Waals surface area contributed by atoms with E-state index < -0.39 is 0 Å². The second-order valence-corrected chi connectivity index (χ2v) is 6.33. The molecule has 1 aliphatic rings. The Morgan fingerprint density at radius 2 is 2.33 bits per heavy atom. The first-order valence-electron chi connectivity index (χ1n) is 7.15. The summed E-state index contributed by atoms with van der Waals surface area (Å²) in [6.45, 7) is 3.06. The van der Waals surface area contributed by atoms with Gasteiger partial charge in [0.05, 0.1) is 19.7 Å². The number of esters is 1. The van der Waals surface area contributed by atoms with Gasteiger partial charge in [-0.3, -0.25) is 14.5 Å². The molecule has 2 unspecified atom stereocenters. The summed E-state index contributed by atoms with van der Waals surface area (Å²) in [6, 6.07) is 3.80. The summed E-state index contributed by atoms with van der Waals surface area (Å²) in [6.07, 6.45) is 1.70. The van der Waals surface area contributed by atoms with Crippen LogP contribution in [-0.2, 0) is 14.3 Å². The number of ether oxygens (including phenoxy) is 1. The van der Waals surface area contributed by atoms with Crippen LogP contribution in [0.2, 0.25) is 0 Å². The van der Waals surface area contributed by atoms with Crippen LogP contribution in [0.5, 0.6) is 0 Å². The Bertz CT molecular complexity index is 489. The van der Waals surface area contributed by atoms with Gasteiger partial charge in [0.1, 0.15) is 6.04 Å². The molecule has 116 valence electrons. The third kappa shape index (κ3) is 3.63.